The SMILES string of the molecule is CC(C)(C)c1ccc(N(c2ccc([Si](C)(C)C)cc2)c2cc3c(c4ccccc24)-c2c(cc(N(c4ccc([Si](C)(C)C)cc4)c4ccc(C(C)(C)C)cn4)c4c2oc2ccccc24)C3(c2ccccc2)c2ccccc2)cc1. The van der Waals surface area contributed by atoms with Crippen molar-refractivity contribution in [1.29, 1.82) is 0 Å². The molecule has 0 saturated heterocycles. The Morgan fingerprint density at radius 1 is 0.423 bits per heavy atom. The van der Waals surface area contributed by atoms with Gasteiger partial charge in [-0.25, -0.2) is 4.98 Å². The Morgan fingerprint density at radius 3 is 1.38 bits per heavy atom. The quantitative estimate of drug-likeness (QED) is 0.128. The molecule has 388 valence electrons. The first-order valence-electron chi connectivity index (χ1n) is 27.8. The highest BCUT2D eigenvalue weighted by Gasteiger charge is 2.50. The maximum Gasteiger partial charge on any atom is 0.145 e. The zero-order valence-corrected chi connectivity index (χ0v) is 49.5. The van der Waals surface area contributed by atoms with Gasteiger partial charge in [0.05, 0.1) is 38.3 Å². The molecule has 0 bridgehead atoms. The van der Waals surface area contributed by atoms with Crippen LogP contribution >= 0.6 is 0 Å². The highest BCUT2D eigenvalue weighted by Crippen LogP contribution is 2.63. The highest BCUT2D eigenvalue weighted by molar-refractivity contribution is 6.89. The molecule has 4 nitrogen and oxygen atoms in total. The van der Waals surface area contributed by atoms with Crippen molar-refractivity contribution in [1.82, 2.24) is 4.98 Å². The van der Waals surface area contributed by atoms with Gasteiger partial charge in [0.1, 0.15) is 17.0 Å². The summed E-state index contributed by atoms with van der Waals surface area (Å²) in [5.41, 5.74) is 15.7. The van der Waals surface area contributed by atoms with Crippen LogP contribution in [-0.4, -0.2) is 21.1 Å². The number of anilines is 6. The Bertz CT molecular complexity index is 3870. The minimum absolute atomic E-state index is 0.000843. The first-order valence-corrected chi connectivity index (χ1v) is 34.8. The molecule has 0 N–H and O–H groups in total. The number of hydrogen-bond donors (Lipinski definition) is 0. The number of nitrogens with zero attached hydrogens (tertiary/aromatic N) is 3. The molecule has 0 spiro atoms. The summed E-state index contributed by atoms with van der Waals surface area (Å²) in [5, 5.41) is 7.29. The van der Waals surface area contributed by atoms with E-state index in [1.807, 2.05) is 0 Å². The van der Waals surface area contributed by atoms with Gasteiger partial charge >= 0.3 is 0 Å². The lowest BCUT2D eigenvalue weighted by atomic mass is 9.67. The van der Waals surface area contributed by atoms with E-state index in [9.17, 15) is 0 Å². The maximum atomic E-state index is 7.50. The molecular formula is C72H71N3OSi2. The average molecular weight is 1050 g/mol. The molecule has 0 aliphatic heterocycles. The van der Waals surface area contributed by atoms with E-state index in [-0.39, 0.29) is 10.8 Å². The van der Waals surface area contributed by atoms with Crippen molar-refractivity contribution < 1.29 is 4.42 Å². The summed E-state index contributed by atoms with van der Waals surface area (Å²) >= 11 is 0. The Hall–Kier alpha value is -7.78. The van der Waals surface area contributed by atoms with Gasteiger partial charge in [0.2, 0.25) is 0 Å². The topological polar surface area (TPSA) is 32.5 Å². The normalized spacial score (nSPS) is 13.5. The van der Waals surface area contributed by atoms with Crippen LogP contribution in [0.1, 0.15) is 74.9 Å². The molecule has 12 rings (SSSR count). The smallest absolute Gasteiger partial charge is 0.145 e. The minimum Gasteiger partial charge on any atom is -0.455 e. The highest BCUT2D eigenvalue weighted by atomic mass is 28.3. The number of benzene rings is 9. The van der Waals surface area contributed by atoms with Crippen molar-refractivity contribution in [2.24, 2.45) is 0 Å². The van der Waals surface area contributed by atoms with E-state index in [4.69, 9.17) is 9.40 Å². The van der Waals surface area contributed by atoms with Crippen molar-refractivity contribution in [2.75, 3.05) is 9.80 Å². The van der Waals surface area contributed by atoms with E-state index in [1.54, 1.807) is 0 Å². The van der Waals surface area contributed by atoms with Gasteiger partial charge in [-0.1, -0.05) is 237 Å². The molecule has 0 fully saturated rings. The van der Waals surface area contributed by atoms with Crippen molar-refractivity contribution in [3.8, 4) is 11.1 Å². The van der Waals surface area contributed by atoms with E-state index in [0.29, 0.717) is 0 Å². The van der Waals surface area contributed by atoms with Crippen LogP contribution < -0.4 is 20.2 Å². The van der Waals surface area contributed by atoms with Crippen LogP contribution in [0.15, 0.2) is 217 Å². The van der Waals surface area contributed by atoms with Gasteiger partial charge in [-0.3, -0.25) is 4.90 Å². The van der Waals surface area contributed by atoms with Gasteiger partial charge in [-0.05, 0) is 116 Å². The van der Waals surface area contributed by atoms with Crippen LogP contribution in [0.5, 0.6) is 0 Å². The van der Waals surface area contributed by atoms with Crippen LogP contribution in [0, 0.1) is 0 Å². The van der Waals surface area contributed by atoms with Crippen LogP contribution in [0.4, 0.5) is 34.3 Å². The van der Waals surface area contributed by atoms with Gasteiger partial charge < -0.3 is 9.32 Å². The fraction of sp³-hybridized carbons (Fsp3) is 0.208. The molecule has 0 atom stereocenters. The Morgan fingerprint density at radius 2 is 0.872 bits per heavy atom. The van der Waals surface area contributed by atoms with E-state index in [0.717, 1.165) is 72.7 Å². The average Bonchev–Trinajstić information content (AvgIpc) is 4.03. The number of hydrogen-bond acceptors (Lipinski definition) is 4. The number of aromatic nitrogens is 1. The summed E-state index contributed by atoms with van der Waals surface area (Å²) in [6, 6.07) is 77.7. The summed E-state index contributed by atoms with van der Waals surface area (Å²) in [5.74, 6) is 0.844. The molecule has 9 aromatic carbocycles. The molecule has 1 aliphatic rings. The number of furan rings is 1. The second-order valence-electron chi connectivity index (χ2n) is 25.7. The third kappa shape index (κ3) is 8.52. The first-order chi connectivity index (χ1) is 37.2. The largest absolute Gasteiger partial charge is 0.455 e. The number of pyridine rings is 1. The zero-order valence-electron chi connectivity index (χ0n) is 47.5. The maximum absolute atomic E-state index is 7.50. The summed E-state index contributed by atoms with van der Waals surface area (Å²) < 4.78 is 7.50. The summed E-state index contributed by atoms with van der Waals surface area (Å²) in [7, 11) is -3.25. The molecule has 2 heterocycles. The summed E-state index contributed by atoms with van der Waals surface area (Å²) in [6.45, 7) is 28.2. The molecule has 0 amide bonds. The standard InChI is InChI=1S/C72H71N3OSi2/c1-70(2,3)48-31-34-52(35-32-48)74(53-36-40-55(41-37-53)77(7,8)9)62-45-60-66(58-28-20-19-27-57(58)62)68-61(72(60,49-23-15-13-16-24-49)50-25-17-14-18-26-50)46-63(67-59-29-21-22-30-64(59)76-69(67)68)75(54-38-42-56(43-39-54)78(10,11)12)65-44-33-51(47-73-65)71(4,5)6/h13-47H,1-12H3. The van der Waals surface area contributed by atoms with E-state index >= 15 is 0 Å². The van der Waals surface area contributed by atoms with E-state index < -0.39 is 21.6 Å². The van der Waals surface area contributed by atoms with Crippen molar-refractivity contribution in [3.63, 3.8) is 0 Å². The second kappa shape index (κ2) is 18.7. The van der Waals surface area contributed by atoms with Gasteiger partial charge in [-0.2, -0.15) is 0 Å². The first kappa shape index (κ1) is 51.0. The van der Waals surface area contributed by atoms with Crippen molar-refractivity contribution in [3.05, 3.63) is 246 Å². The Kier molecular flexibility index (Phi) is 12.2. The molecule has 1 aliphatic carbocycles. The fourth-order valence-corrected chi connectivity index (χ4v) is 14.5. The van der Waals surface area contributed by atoms with Crippen LogP contribution in [-0.2, 0) is 16.2 Å². The third-order valence-corrected chi connectivity index (χ3v) is 20.6. The van der Waals surface area contributed by atoms with Crippen LogP contribution in [0.2, 0.25) is 39.3 Å². The van der Waals surface area contributed by atoms with Gasteiger partial charge in [0.15, 0.2) is 0 Å². The lowest BCUT2D eigenvalue weighted by molar-refractivity contribution is 0.587. The van der Waals surface area contributed by atoms with Crippen molar-refractivity contribution in [2.45, 2.75) is 97.1 Å². The lowest BCUT2D eigenvalue weighted by Crippen LogP contribution is -2.37. The summed E-state index contributed by atoms with van der Waals surface area (Å²) in [6.07, 6.45) is 2.07. The Labute approximate surface area is 464 Å². The second-order valence-corrected chi connectivity index (χ2v) is 35.8. The van der Waals surface area contributed by atoms with E-state index in [1.165, 1.54) is 49.1 Å². The predicted octanol–water partition coefficient (Wildman–Crippen LogP) is 19.1. The molecule has 0 radical (unpaired) electrons. The van der Waals surface area contributed by atoms with E-state index in [2.05, 4.69) is 303 Å². The fourth-order valence-electron chi connectivity index (χ4n) is 12.1. The van der Waals surface area contributed by atoms with Crippen LogP contribution in [0.25, 0.3) is 43.8 Å². The zero-order chi connectivity index (χ0) is 54.5. The number of para-hydroxylation sites is 1. The molecule has 0 saturated carbocycles. The summed E-state index contributed by atoms with van der Waals surface area (Å²) in [4.78, 5) is 10.3. The van der Waals surface area contributed by atoms with Gasteiger partial charge in [0.25, 0.3) is 0 Å². The Balaban J connectivity index is 1.24. The molecule has 0 unspecified atom stereocenters. The molecule has 6 heteroatoms. The third-order valence-electron chi connectivity index (χ3n) is 16.4. The van der Waals surface area contributed by atoms with Crippen molar-refractivity contribution >= 4 is 93.5 Å². The lowest BCUT2D eigenvalue weighted by Gasteiger charge is -2.36. The van der Waals surface area contributed by atoms with Gasteiger partial charge in [0, 0.05) is 39.6 Å². The van der Waals surface area contributed by atoms with Gasteiger partial charge in [-0.15, -0.1) is 0 Å². The van der Waals surface area contributed by atoms with Crippen LogP contribution in [0.3, 0.4) is 0 Å². The molecule has 78 heavy (non-hydrogen) atoms. The number of rotatable bonds is 10. The monoisotopic (exact) mass is 1050 g/mol. The number of fused-ring (bicyclic) bond motifs is 9. The predicted molar refractivity (Wildman–Crippen MR) is 339 cm³/mol. The minimum atomic E-state index is -1.64. The molecule has 11 aromatic rings. The molecule has 2 aromatic heterocycles. The molecular weight excluding hydrogens is 979 g/mol.